The van der Waals surface area contributed by atoms with Gasteiger partial charge in [0.1, 0.15) is 11.6 Å². The molecule has 2 N–H and O–H groups in total. The summed E-state index contributed by atoms with van der Waals surface area (Å²) in [5.74, 6) is -0.967. The van der Waals surface area contributed by atoms with E-state index in [1.165, 1.54) is 29.2 Å². The van der Waals surface area contributed by atoms with Crippen LogP contribution in [0.25, 0.3) is 6.08 Å². The Morgan fingerprint density at radius 3 is 2.58 bits per heavy atom. The van der Waals surface area contributed by atoms with Gasteiger partial charge in [0.15, 0.2) is 11.5 Å². The molecule has 122 valence electrons. The van der Waals surface area contributed by atoms with Gasteiger partial charge in [0.2, 0.25) is 0 Å². The molecule has 0 aliphatic heterocycles. The van der Waals surface area contributed by atoms with Gasteiger partial charge < -0.3 is 15.1 Å². The minimum Gasteiger partial charge on any atom is -0.504 e. The Morgan fingerprint density at radius 2 is 1.96 bits per heavy atom. The van der Waals surface area contributed by atoms with E-state index in [4.69, 9.17) is 0 Å². The number of carbonyl (C=O) groups is 1. The molecule has 0 unspecified atom stereocenters. The molecule has 0 saturated heterocycles. The maximum atomic E-state index is 12.4. The van der Waals surface area contributed by atoms with E-state index in [0.717, 1.165) is 5.56 Å². The lowest BCUT2D eigenvalue weighted by atomic mass is 10.1. The fraction of sp³-hybridized carbons (Fsp3) is 0.167. The molecule has 1 amide bonds. The SMILES string of the molecule is CN(CCc1ccncc1)C(=O)/C(C#N)=C/c1ccc(O)c(O)c1. The van der Waals surface area contributed by atoms with E-state index < -0.39 is 5.91 Å². The van der Waals surface area contributed by atoms with Crippen LogP contribution in [0.2, 0.25) is 0 Å². The van der Waals surface area contributed by atoms with Crippen molar-refractivity contribution in [1.82, 2.24) is 9.88 Å². The predicted molar refractivity (Wildman–Crippen MR) is 88.9 cm³/mol. The lowest BCUT2D eigenvalue weighted by Crippen LogP contribution is -2.29. The van der Waals surface area contributed by atoms with Gasteiger partial charge in [-0.15, -0.1) is 0 Å². The van der Waals surface area contributed by atoms with E-state index >= 15 is 0 Å². The molecule has 0 radical (unpaired) electrons. The fourth-order valence-electron chi connectivity index (χ4n) is 2.09. The first kappa shape index (κ1) is 17.0. The lowest BCUT2D eigenvalue weighted by Gasteiger charge is -2.16. The normalized spacial score (nSPS) is 10.9. The fourth-order valence-corrected chi connectivity index (χ4v) is 2.09. The number of amides is 1. The van der Waals surface area contributed by atoms with Gasteiger partial charge in [-0.3, -0.25) is 9.78 Å². The molecule has 0 saturated carbocycles. The van der Waals surface area contributed by atoms with Crippen LogP contribution in [0.1, 0.15) is 11.1 Å². The van der Waals surface area contributed by atoms with Crippen molar-refractivity contribution < 1.29 is 15.0 Å². The monoisotopic (exact) mass is 323 g/mol. The van der Waals surface area contributed by atoms with E-state index in [1.54, 1.807) is 19.4 Å². The van der Waals surface area contributed by atoms with Crippen LogP contribution in [0.4, 0.5) is 0 Å². The van der Waals surface area contributed by atoms with Crippen LogP contribution >= 0.6 is 0 Å². The highest BCUT2D eigenvalue weighted by molar-refractivity contribution is 6.01. The molecular formula is C18H17N3O3. The van der Waals surface area contributed by atoms with E-state index in [0.29, 0.717) is 18.5 Å². The minimum atomic E-state index is -0.404. The lowest BCUT2D eigenvalue weighted by molar-refractivity contribution is -0.125. The Kier molecular flexibility index (Phi) is 5.53. The van der Waals surface area contributed by atoms with Crippen molar-refractivity contribution in [3.05, 3.63) is 59.4 Å². The zero-order valence-electron chi connectivity index (χ0n) is 13.2. The standard InChI is InChI=1S/C18H17N3O3/c1-21(9-6-13-4-7-20-8-5-13)18(24)15(12-19)10-14-2-3-16(22)17(23)11-14/h2-5,7-8,10-11,22-23H,6,9H2,1H3/b15-10+. The Hall–Kier alpha value is -3.33. The summed E-state index contributed by atoms with van der Waals surface area (Å²) in [6, 6.07) is 9.72. The molecule has 0 atom stereocenters. The van der Waals surface area contributed by atoms with Gasteiger partial charge in [-0.2, -0.15) is 5.26 Å². The number of rotatable bonds is 5. The maximum Gasteiger partial charge on any atom is 0.264 e. The summed E-state index contributed by atoms with van der Waals surface area (Å²) in [7, 11) is 1.63. The highest BCUT2D eigenvalue weighted by atomic mass is 16.3. The number of hydrogen-bond donors (Lipinski definition) is 2. The zero-order valence-corrected chi connectivity index (χ0v) is 13.2. The Labute approximate surface area is 139 Å². The van der Waals surface area contributed by atoms with Crippen molar-refractivity contribution in [2.24, 2.45) is 0 Å². The van der Waals surface area contributed by atoms with Crippen LogP contribution in [0, 0.1) is 11.3 Å². The highest BCUT2D eigenvalue weighted by Gasteiger charge is 2.15. The molecule has 0 bridgehead atoms. The van der Waals surface area contributed by atoms with Crippen molar-refractivity contribution in [3.63, 3.8) is 0 Å². The van der Waals surface area contributed by atoms with Gasteiger partial charge in [-0.05, 0) is 47.9 Å². The van der Waals surface area contributed by atoms with E-state index in [-0.39, 0.29) is 17.1 Å². The predicted octanol–water partition coefficient (Wildman–Crippen LogP) is 2.10. The number of likely N-dealkylation sites (N-methyl/N-ethyl adjacent to an activating group) is 1. The molecule has 0 aliphatic carbocycles. The Balaban J connectivity index is 2.08. The molecule has 1 heterocycles. The number of aromatic hydroxyl groups is 2. The number of phenols is 2. The molecule has 24 heavy (non-hydrogen) atoms. The molecule has 1 aromatic heterocycles. The molecule has 6 nitrogen and oxygen atoms in total. The second-order valence-corrected chi connectivity index (χ2v) is 5.25. The zero-order chi connectivity index (χ0) is 17.5. The first-order chi connectivity index (χ1) is 11.5. The van der Waals surface area contributed by atoms with Crippen molar-refractivity contribution in [2.45, 2.75) is 6.42 Å². The van der Waals surface area contributed by atoms with Crippen LogP contribution in [-0.2, 0) is 11.2 Å². The number of nitrogens with zero attached hydrogens (tertiary/aromatic N) is 3. The number of benzene rings is 1. The average molecular weight is 323 g/mol. The van der Waals surface area contributed by atoms with Gasteiger partial charge in [-0.1, -0.05) is 6.07 Å². The summed E-state index contributed by atoms with van der Waals surface area (Å²) in [6.45, 7) is 0.461. The van der Waals surface area contributed by atoms with E-state index in [2.05, 4.69) is 4.98 Å². The van der Waals surface area contributed by atoms with Crippen LogP contribution in [0.15, 0.2) is 48.3 Å². The molecular weight excluding hydrogens is 306 g/mol. The summed E-state index contributed by atoms with van der Waals surface area (Å²) >= 11 is 0. The smallest absolute Gasteiger partial charge is 0.264 e. The largest absolute Gasteiger partial charge is 0.504 e. The van der Waals surface area contributed by atoms with Crippen molar-refractivity contribution in [3.8, 4) is 17.6 Å². The number of nitriles is 1. The second kappa shape index (κ2) is 7.79. The van der Waals surface area contributed by atoms with Crippen molar-refractivity contribution in [1.29, 1.82) is 5.26 Å². The van der Waals surface area contributed by atoms with Crippen LogP contribution in [0.5, 0.6) is 11.5 Å². The van der Waals surface area contributed by atoms with Crippen molar-refractivity contribution >= 4 is 12.0 Å². The molecule has 2 rings (SSSR count). The van der Waals surface area contributed by atoms with Gasteiger partial charge in [0.05, 0.1) is 0 Å². The number of hydrogen-bond acceptors (Lipinski definition) is 5. The summed E-state index contributed by atoms with van der Waals surface area (Å²) < 4.78 is 0. The summed E-state index contributed by atoms with van der Waals surface area (Å²) in [5, 5.41) is 28.0. The molecule has 0 fully saturated rings. The first-order valence-corrected chi connectivity index (χ1v) is 7.29. The van der Waals surface area contributed by atoms with Gasteiger partial charge in [0.25, 0.3) is 5.91 Å². The summed E-state index contributed by atoms with van der Waals surface area (Å²) in [4.78, 5) is 17.8. The molecule has 0 spiro atoms. The third kappa shape index (κ3) is 4.34. The first-order valence-electron chi connectivity index (χ1n) is 7.29. The quantitative estimate of drug-likeness (QED) is 0.499. The number of aromatic nitrogens is 1. The van der Waals surface area contributed by atoms with Crippen LogP contribution in [-0.4, -0.2) is 39.6 Å². The molecule has 2 aromatic rings. The highest BCUT2D eigenvalue weighted by Crippen LogP contribution is 2.26. The van der Waals surface area contributed by atoms with E-state index in [9.17, 15) is 20.3 Å². The van der Waals surface area contributed by atoms with E-state index in [1.807, 2.05) is 18.2 Å². The molecule has 1 aromatic carbocycles. The number of pyridine rings is 1. The third-order valence-electron chi connectivity index (χ3n) is 3.49. The third-order valence-corrected chi connectivity index (χ3v) is 3.49. The number of phenolic OH excluding ortho intramolecular Hbond substituents is 2. The Morgan fingerprint density at radius 1 is 1.25 bits per heavy atom. The summed E-state index contributed by atoms with van der Waals surface area (Å²) in [6.07, 6.45) is 5.41. The maximum absolute atomic E-state index is 12.4. The Bertz CT molecular complexity index is 795. The van der Waals surface area contributed by atoms with Crippen LogP contribution in [0.3, 0.4) is 0 Å². The minimum absolute atomic E-state index is 0.0441. The topological polar surface area (TPSA) is 97.5 Å². The molecule has 6 heteroatoms. The second-order valence-electron chi connectivity index (χ2n) is 5.25. The summed E-state index contributed by atoms with van der Waals surface area (Å²) in [5.41, 5.74) is 1.46. The molecule has 0 aliphatic rings. The van der Waals surface area contributed by atoms with Gasteiger partial charge in [0, 0.05) is 26.0 Å². The van der Waals surface area contributed by atoms with Gasteiger partial charge >= 0.3 is 0 Å². The average Bonchev–Trinajstić information content (AvgIpc) is 2.60. The van der Waals surface area contributed by atoms with Crippen LogP contribution < -0.4 is 0 Å². The number of carbonyl (C=O) groups excluding carboxylic acids is 1. The van der Waals surface area contributed by atoms with Crippen molar-refractivity contribution in [2.75, 3.05) is 13.6 Å². The van der Waals surface area contributed by atoms with Gasteiger partial charge in [-0.25, -0.2) is 0 Å².